The summed E-state index contributed by atoms with van der Waals surface area (Å²) in [7, 11) is 1.83. The van der Waals surface area contributed by atoms with Crippen molar-refractivity contribution in [1.29, 1.82) is 0 Å². The Morgan fingerprint density at radius 2 is 2.12 bits per heavy atom. The van der Waals surface area contributed by atoms with E-state index in [1.54, 1.807) is 11.3 Å². The first-order valence-corrected chi connectivity index (χ1v) is 9.93. The van der Waals surface area contributed by atoms with Crippen molar-refractivity contribution in [2.45, 2.75) is 19.9 Å². The third-order valence-electron chi connectivity index (χ3n) is 3.88. The monoisotopic (exact) mass is 384 g/mol. The highest BCUT2D eigenvalue weighted by Gasteiger charge is 2.22. The Morgan fingerprint density at radius 1 is 1.33 bits per heavy atom. The Labute approximate surface area is 155 Å². The van der Waals surface area contributed by atoms with Crippen molar-refractivity contribution in [3.05, 3.63) is 27.2 Å². The number of nitrogens with one attached hydrogen (secondary N) is 1. The summed E-state index contributed by atoms with van der Waals surface area (Å²) >= 11 is 9.07. The number of guanidine groups is 1. The number of thiophene rings is 1. The van der Waals surface area contributed by atoms with Crippen LogP contribution in [0.15, 0.2) is 17.1 Å². The molecule has 0 saturated carbocycles. The number of nitrogens with zero attached hydrogens (tertiary/aromatic N) is 5. The van der Waals surface area contributed by atoms with E-state index in [0.717, 1.165) is 60.4 Å². The van der Waals surface area contributed by atoms with Gasteiger partial charge in [0.1, 0.15) is 5.82 Å². The quantitative estimate of drug-likeness (QED) is 0.648. The first kappa shape index (κ1) is 17.4. The summed E-state index contributed by atoms with van der Waals surface area (Å²) in [4.78, 5) is 14.8. The lowest BCUT2D eigenvalue weighted by molar-refractivity contribution is 0.372. The molecule has 1 fully saturated rings. The molecule has 1 aliphatic heterocycles. The molecular formula is C15H21ClN6S2. The van der Waals surface area contributed by atoms with Crippen LogP contribution < -0.4 is 10.2 Å². The van der Waals surface area contributed by atoms with Gasteiger partial charge in [0.05, 0.1) is 10.9 Å². The fourth-order valence-electron chi connectivity index (χ4n) is 2.57. The normalized spacial score (nSPS) is 15.9. The van der Waals surface area contributed by atoms with E-state index in [1.807, 2.05) is 19.2 Å². The van der Waals surface area contributed by atoms with Crippen molar-refractivity contribution in [1.82, 2.24) is 19.6 Å². The molecule has 24 heavy (non-hydrogen) atoms. The van der Waals surface area contributed by atoms with Crippen LogP contribution in [-0.4, -0.2) is 53.4 Å². The lowest BCUT2D eigenvalue weighted by Crippen LogP contribution is -2.52. The lowest BCUT2D eigenvalue weighted by atomic mass is 10.3. The summed E-state index contributed by atoms with van der Waals surface area (Å²) in [5, 5.41) is 4.45. The predicted octanol–water partition coefficient (Wildman–Crippen LogP) is 2.71. The molecule has 0 unspecified atom stereocenters. The van der Waals surface area contributed by atoms with Crippen LogP contribution in [0.1, 0.15) is 17.6 Å². The van der Waals surface area contributed by atoms with E-state index in [9.17, 15) is 0 Å². The van der Waals surface area contributed by atoms with Gasteiger partial charge in [0.15, 0.2) is 5.96 Å². The van der Waals surface area contributed by atoms with E-state index in [-0.39, 0.29) is 0 Å². The number of halogens is 1. The molecule has 0 spiro atoms. The van der Waals surface area contributed by atoms with Gasteiger partial charge in [-0.3, -0.25) is 4.99 Å². The van der Waals surface area contributed by atoms with Crippen molar-refractivity contribution in [3.8, 4) is 0 Å². The van der Waals surface area contributed by atoms with Crippen molar-refractivity contribution in [3.63, 3.8) is 0 Å². The fraction of sp³-hybridized carbons (Fsp3) is 0.533. The van der Waals surface area contributed by atoms with Gasteiger partial charge in [0.25, 0.3) is 0 Å². The second kappa shape index (κ2) is 8.13. The maximum Gasteiger partial charge on any atom is 0.205 e. The number of hydrogen-bond donors (Lipinski definition) is 1. The SMILES string of the molecule is CCc1nsc(N2CCN(C(=NC)NCc3ccc(Cl)s3)CC2)n1. The van der Waals surface area contributed by atoms with Gasteiger partial charge in [-0.15, -0.1) is 11.3 Å². The summed E-state index contributed by atoms with van der Waals surface area (Å²) in [5.74, 6) is 1.87. The zero-order valence-corrected chi connectivity index (χ0v) is 16.2. The second-order valence-corrected chi connectivity index (χ2v) is 7.96. The summed E-state index contributed by atoms with van der Waals surface area (Å²) in [6, 6.07) is 3.98. The maximum absolute atomic E-state index is 5.98. The molecule has 130 valence electrons. The highest BCUT2D eigenvalue weighted by atomic mass is 35.5. The van der Waals surface area contributed by atoms with Crippen molar-refractivity contribution in [2.75, 3.05) is 38.1 Å². The highest BCUT2D eigenvalue weighted by Crippen LogP contribution is 2.21. The van der Waals surface area contributed by atoms with Crippen LogP contribution in [0.5, 0.6) is 0 Å². The van der Waals surface area contributed by atoms with Gasteiger partial charge in [-0.25, -0.2) is 4.98 Å². The zero-order valence-electron chi connectivity index (χ0n) is 13.8. The molecule has 3 rings (SSSR count). The number of hydrogen-bond acceptors (Lipinski definition) is 6. The van der Waals surface area contributed by atoms with Gasteiger partial charge in [0.2, 0.25) is 5.13 Å². The minimum absolute atomic E-state index is 0.751. The Balaban J connectivity index is 1.52. The fourth-order valence-corrected chi connectivity index (χ4v) is 4.40. The Hall–Kier alpha value is -1.38. The van der Waals surface area contributed by atoms with Crippen LogP contribution in [0.4, 0.5) is 5.13 Å². The Bertz CT molecular complexity index is 690. The standard InChI is InChI=1S/C15H21ClN6S2/c1-3-13-19-15(24-20-13)22-8-6-21(7-9-22)14(17-2)18-10-11-4-5-12(16)23-11/h4-5H,3,6-10H2,1-2H3,(H,17,18). The Kier molecular flexibility index (Phi) is 5.91. The van der Waals surface area contributed by atoms with E-state index >= 15 is 0 Å². The maximum atomic E-state index is 5.98. The summed E-state index contributed by atoms with van der Waals surface area (Å²) in [5.41, 5.74) is 0. The van der Waals surface area contributed by atoms with Gasteiger partial charge < -0.3 is 15.1 Å². The predicted molar refractivity (Wildman–Crippen MR) is 103 cm³/mol. The number of anilines is 1. The van der Waals surface area contributed by atoms with E-state index in [1.165, 1.54) is 16.4 Å². The lowest BCUT2D eigenvalue weighted by Gasteiger charge is -2.36. The van der Waals surface area contributed by atoms with Crippen LogP contribution >= 0.6 is 34.5 Å². The van der Waals surface area contributed by atoms with Crippen molar-refractivity contribution >= 4 is 45.6 Å². The number of piperazine rings is 1. The Morgan fingerprint density at radius 3 is 2.71 bits per heavy atom. The third kappa shape index (κ3) is 4.17. The van der Waals surface area contributed by atoms with E-state index < -0.39 is 0 Å². The highest BCUT2D eigenvalue weighted by molar-refractivity contribution is 7.16. The van der Waals surface area contributed by atoms with Crippen LogP contribution in [-0.2, 0) is 13.0 Å². The first-order valence-electron chi connectivity index (χ1n) is 7.97. The average molecular weight is 385 g/mol. The van der Waals surface area contributed by atoms with Crippen LogP contribution in [0.25, 0.3) is 0 Å². The molecule has 1 saturated heterocycles. The number of aryl methyl sites for hydroxylation is 1. The second-order valence-electron chi connectivity index (χ2n) is 5.43. The molecule has 6 nitrogen and oxygen atoms in total. The largest absolute Gasteiger partial charge is 0.351 e. The number of rotatable bonds is 4. The molecule has 3 heterocycles. The van der Waals surface area contributed by atoms with E-state index in [0.29, 0.717) is 0 Å². The molecule has 0 aliphatic carbocycles. The smallest absolute Gasteiger partial charge is 0.205 e. The molecule has 0 amide bonds. The molecule has 1 N–H and O–H groups in total. The molecule has 0 atom stereocenters. The van der Waals surface area contributed by atoms with Crippen LogP contribution in [0, 0.1) is 0 Å². The molecule has 0 radical (unpaired) electrons. The van der Waals surface area contributed by atoms with Crippen molar-refractivity contribution in [2.24, 2.45) is 4.99 Å². The van der Waals surface area contributed by atoms with Gasteiger partial charge in [-0.05, 0) is 12.1 Å². The zero-order chi connectivity index (χ0) is 16.9. The average Bonchev–Trinajstić information content (AvgIpc) is 3.25. The molecule has 0 bridgehead atoms. The van der Waals surface area contributed by atoms with Gasteiger partial charge in [-0.1, -0.05) is 18.5 Å². The molecular weight excluding hydrogens is 364 g/mol. The van der Waals surface area contributed by atoms with E-state index in [2.05, 4.69) is 36.4 Å². The molecule has 9 heteroatoms. The third-order valence-corrected chi connectivity index (χ3v) is 5.93. The van der Waals surface area contributed by atoms with Gasteiger partial charge in [-0.2, -0.15) is 4.37 Å². The van der Waals surface area contributed by atoms with Gasteiger partial charge in [0, 0.05) is 56.1 Å². The number of aliphatic imine (C=N–C) groups is 1. The van der Waals surface area contributed by atoms with Gasteiger partial charge >= 0.3 is 0 Å². The molecule has 0 aromatic carbocycles. The van der Waals surface area contributed by atoms with Crippen LogP contribution in [0.3, 0.4) is 0 Å². The molecule has 2 aromatic heterocycles. The van der Waals surface area contributed by atoms with Crippen LogP contribution in [0.2, 0.25) is 4.34 Å². The summed E-state index contributed by atoms with van der Waals surface area (Å²) < 4.78 is 5.19. The topological polar surface area (TPSA) is 56.7 Å². The number of aromatic nitrogens is 2. The van der Waals surface area contributed by atoms with Crippen molar-refractivity contribution < 1.29 is 0 Å². The summed E-state index contributed by atoms with van der Waals surface area (Å²) in [6.45, 7) is 6.55. The van der Waals surface area contributed by atoms with E-state index in [4.69, 9.17) is 11.6 Å². The minimum atomic E-state index is 0.751. The minimum Gasteiger partial charge on any atom is -0.351 e. The molecule has 2 aromatic rings. The first-order chi connectivity index (χ1) is 11.7. The summed E-state index contributed by atoms with van der Waals surface area (Å²) in [6.07, 6.45) is 0.889. The molecule has 1 aliphatic rings.